The summed E-state index contributed by atoms with van der Waals surface area (Å²) in [5, 5.41) is 3.96. The first-order valence-electron chi connectivity index (χ1n) is 17.5. The van der Waals surface area contributed by atoms with E-state index in [9.17, 15) is 0 Å². The lowest BCUT2D eigenvalue weighted by Gasteiger charge is -2.35. The monoisotopic (exact) mass is 565 g/mol. The molecule has 1 saturated carbocycles. The summed E-state index contributed by atoms with van der Waals surface area (Å²) in [4.78, 5) is 10.5. The molecular formula is C37H64N4. The van der Waals surface area contributed by atoms with Gasteiger partial charge in [0.15, 0.2) is 0 Å². The highest BCUT2D eigenvalue weighted by Gasteiger charge is 2.23. The Morgan fingerprint density at radius 2 is 1.61 bits per heavy atom. The van der Waals surface area contributed by atoms with Crippen LogP contribution in [-0.4, -0.2) is 67.0 Å². The summed E-state index contributed by atoms with van der Waals surface area (Å²) in [5.74, 6) is 1.77. The molecule has 0 atom stereocenters. The fourth-order valence-corrected chi connectivity index (χ4v) is 7.07. The van der Waals surface area contributed by atoms with E-state index in [1.807, 2.05) is 13.8 Å². The van der Waals surface area contributed by atoms with Crippen molar-refractivity contribution in [2.45, 2.75) is 137 Å². The number of aliphatic imine (C=N–C) groups is 1. The molecule has 0 radical (unpaired) electrons. The number of amidine groups is 1. The van der Waals surface area contributed by atoms with Crippen molar-refractivity contribution in [1.82, 2.24) is 15.1 Å². The molecule has 4 nitrogen and oxygen atoms in total. The van der Waals surface area contributed by atoms with Crippen molar-refractivity contribution >= 4 is 5.84 Å². The highest BCUT2D eigenvalue weighted by molar-refractivity contribution is 6.00. The van der Waals surface area contributed by atoms with Crippen LogP contribution in [0.5, 0.6) is 0 Å². The zero-order chi connectivity index (χ0) is 29.6. The van der Waals surface area contributed by atoms with Crippen LogP contribution >= 0.6 is 0 Å². The van der Waals surface area contributed by atoms with E-state index in [0.717, 1.165) is 18.8 Å². The van der Waals surface area contributed by atoms with Crippen LogP contribution < -0.4 is 5.32 Å². The molecule has 1 aromatic rings. The summed E-state index contributed by atoms with van der Waals surface area (Å²) in [5.41, 5.74) is 7.08. The van der Waals surface area contributed by atoms with Gasteiger partial charge in [0.25, 0.3) is 0 Å². The van der Waals surface area contributed by atoms with Crippen LogP contribution in [-0.2, 0) is 12.8 Å². The maximum Gasteiger partial charge on any atom is 0.129 e. The van der Waals surface area contributed by atoms with Gasteiger partial charge in [0.2, 0.25) is 0 Å². The Bertz CT molecular complexity index is 929. The van der Waals surface area contributed by atoms with Crippen molar-refractivity contribution in [2.24, 2.45) is 10.9 Å². The van der Waals surface area contributed by atoms with Crippen LogP contribution in [0.25, 0.3) is 0 Å². The SMILES string of the molecule is C=C(CN=C(NC1CCN(C(C)C)CC1)c1cc(CC)c(CCCCN2CCCC2)cc1C)C1CCCCC1.CC. The van der Waals surface area contributed by atoms with Crippen LogP contribution in [0, 0.1) is 12.8 Å². The normalized spacial score (nSPS) is 19.8. The molecule has 2 aliphatic heterocycles. The van der Waals surface area contributed by atoms with Gasteiger partial charge in [-0.3, -0.25) is 4.99 Å². The molecule has 0 spiro atoms. The van der Waals surface area contributed by atoms with E-state index >= 15 is 0 Å². The quantitative estimate of drug-likeness (QED) is 0.120. The number of piperidine rings is 1. The van der Waals surface area contributed by atoms with Gasteiger partial charge in [-0.2, -0.15) is 0 Å². The number of unbranched alkanes of at least 4 members (excludes halogenated alkanes) is 1. The standard InChI is InChI=1S/C35H58N4.C2H6/c1-6-30-25-34(28(4)24-32(30)16-10-11-19-38-20-12-13-21-38)35(36-26-29(5)31-14-8-7-9-15-31)37-33-17-22-39(23-18-33)27(2)3;1-2/h24-25,27,31,33H,5-23,26H2,1-4H3,(H,36,37);1-2H3. The third-order valence-electron chi connectivity index (χ3n) is 9.78. The third-order valence-corrected chi connectivity index (χ3v) is 9.78. The van der Waals surface area contributed by atoms with E-state index in [-0.39, 0.29) is 0 Å². The Balaban J connectivity index is 0.00000226. The van der Waals surface area contributed by atoms with E-state index in [4.69, 9.17) is 4.99 Å². The third kappa shape index (κ3) is 10.5. The summed E-state index contributed by atoms with van der Waals surface area (Å²) in [6.07, 6.45) is 16.8. The second-order valence-corrected chi connectivity index (χ2v) is 13.0. The molecule has 1 N–H and O–H groups in total. The van der Waals surface area contributed by atoms with Crippen molar-refractivity contribution in [3.8, 4) is 0 Å². The molecule has 0 aromatic heterocycles. The van der Waals surface area contributed by atoms with Gasteiger partial charge in [0, 0.05) is 30.7 Å². The van der Waals surface area contributed by atoms with Crippen molar-refractivity contribution in [1.29, 1.82) is 0 Å². The number of hydrogen-bond donors (Lipinski definition) is 1. The van der Waals surface area contributed by atoms with Gasteiger partial charge in [0.1, 0.15) is 5.84 Å². The highest BCUT2D eigenvalue weighted by Crippen LogP contribution is 2.29. The molecule has 232 valence electrons. The van der Waals surface area contributed by atoms with E-state index in [0.29, 0.717) is 18.0 Å². The van der Waals surface area contributed by atoms with Crippen LogP contribution in [0.15, 0.2) is 29.3 Å². The van der Waals surface area contributed by atoms with Crippen molar-refractivity contribution in [3.05, 3.63) is 46.5 Å². The van der Waals surface area contributed by atoms with Gasteiger partial charge < -0.3 is 15.1 Å². The first kappa shape index (κ1) is 33.8. The van der Waals surface area contributed by atoms with E-state index < -0.39 is 0 Å². The summed E-state index contributed by atoms with van der Waals surface area (Å²) in [6.45, 7) is 24.8. The summed E-state index contributed by atoms with van der Waals surface area (Å²) in [6, 6.07) is 6.09. The van der Waals surface area contributed by atoms with E-state index in [1.54, 1.807) is 5.56 Å². The predicted molar refractivity (Wildman–Crippen MR) is 181 cm³/mol. The Labute approximate surface area is 254 Å². The largest absolute Gasteiger partial charge is 0.367 e. The molecule has 1 aromatic carbocycles. The van der Waals surface area contributed by atoms with Crippen LogP contribution in [0.4, 0.5) is 0 Å². The zero-order valence-electron chi connectivity index (χ0n) is 27.9. The molecule has 2 heterocycles. The topological polar surface area (TPSA) is 30.9 Å². The lowest BCUT2D eigenvalue weighted by molar-refractivity contribution is 0.167. The van der Waals surface area contributed by atoms with Crippen molar-refractivity contribution in [2.75, 3.05) is 39.3 Å². The number of aryl methyl sites for hydroxylation is 3. The molecule has 41 heavy (non-hydrogen) atoms. The second-order valence-electron chi connectivity index (χ2n) is 13.0. The predicted octanol–water partition coefficient (Wildman–Crippen LogP) is 8.35. The van der Waals surface area contributed by atoms with E-state index in [1.165, 1.54) is 132 Å². The van der Waals surface area contributed by atoms with Crippen molar-refractivity contribution in [3.63, 3.8) is 0 Å². The molecular weight excluding hydrogens is 500 g/mol. The Morgan fingerprint density at radius 3 is 2.24 bits per heavy atom. The zero-order valence-corrected chi connectivity index (χ0v) is 27.9. The van der Waals surface area contributed by atoms with Gasteiger partial charge in [-0.15, -0.1) is 0 Å². The number of rotatable bonds is 12. The second kappa shape index (κ2) is 18.1. The number of nitrogens with zero attached hydrogens (tertiary/aromatic N) is 3. The Morgan fingerprint density at radius 1 is 0.927 bits per heavy atom. The van der Waals surface area contributed by atoms with Crippen LogP contribution in [0.2, 0.25) is 0 Å². The maximum atomic E-state index is 5.29. The maximum absolute atomic E-state index is 5.29. The fraction of sp³-hybridized carbons (Fsp3) is 0.757. The average molecular weight is 565 g/mol. The van der Waals surface area contributed by atoms with Gasteiger partial charge >= 0.3 is 0 Å². The van der Waals surface area contributed by atoms with Crippen molar-refractivity contribution < 1.29 is 0 Å². The minimum Gasteiger partial charge on any atom is -0.367 e. The fourth-order valence-electron chi connectivity index (χ4n) is 7.07. The number of likely N-dealkylation sites (tertiary alicyclic amines) is 2. The molecule has 0 bridgehead atoms. The van der Waals surface area contributed by atoms with Crippen LogP contribution in [0.1, 0.15) is 128 Å². The Kier molecular flexibility index (Phi) is 15.0. The number of hydrogen-bond acceptors (Lipinski definition) is 3. The van der Waals surface area contributed by atoms with Crippen LogP contribution in [0.3, 0.4) is 0 Å². The first-order valence-corrected chi connectivity index (χ1v) is 17.5. The number of nitrogens with one attached hydrogen (secondary N) is 1. The molecule has 4 rings (SSSR count). The van der Waals surface area contributed by atoms with Gasteiger partial charge in [-0.25, -0.2) is 0 Å². The summed E-state index contributed by atoms with van der Waals surface area (Å²) >= 11 is 0. The van der Waals surface area contributed by atoms with Gasteiger partial charge in [-0.1, -0.05) is 58.3 Å². The average Bonchev–Trinajstić information content (AvgIpc) is 3.53. The molecule has 0 unspecified atom stereocenters. The number of benzene rings is 1. The summed E-state index contributed by atoms with van der Waals surface area (Å²) in [7, 11) is 0. The van der Waals surface area contributed by atoms with E-state index in [2.05, 4.69) is 61.5 Å². The van der Waals surface area contributed by atoms with Gasteiger partial charge in [-0.05, 0) is 133 Å². The minimum absolute atomic E-state index is 0.497. The molecule has 1 aliphatic carbocycles. The minimum atomic E-state index is 0.497. The molecule has 0 amide bonds. The first-order chi connectivity index (χ1) is 19.9. The smallest absolute Gasteiger partial charge is 0.129 e. The molecule has 2 saturated heterocycles. The molecule has 4 heteroatoms. The molecule has 3 aliphatic rings. The summed E-state index contributed by atoms with van der Waals surface area (Å²) < 4.78 is 0. The van der Waals surface area contributed by atoms with Gasteiger partial charge in [0.05, 0.1) is 6.54 Å². The Hall–Kier alpha value is -1.65. The lowest BCUT2D eigenvalue weighted by atomic mass is 9.84. The molecule has 3 fully saturated rings. The lowest BCUT2D eigenvalue weighted by Crippen LogP contribution is -2.47. The highest BCUT2D eigenvalue weighted by atomic mass is 15.2.